The van der Waals surface area contributed by atoms with Crippen molar-refractivity contribution in [3.63, 3.8) is 0 Å². The maximum absolute atomic E-state index is 6.14. The van der Waals surface area contributed by atoms with Crippen LogP contribution in [-0.4, -0.2) is 53.6 Å². The van der Waals surface area contributed by atoms with Crippen LogP contribution in [0.25, 0.3) is 5.57 Å². The highest BCUT2D eigenvalue weighted by Gasteiger charge is 2.19. The fourth-order valence-corrected chi connectivity index (χ4v) is 2.63. The molecule has 0 atom stereocenters. The Labute approximate surface area is 142 Å². The molecule has 3 rings (SSSR count). The van der Waals surface area contributed by atoms with Crippen molar-refractivity contribution in [3.8, 4) is 0 Å². The van der Waals surface area contributed by atoms with Crippen molar-refractivity contribution in [1.29, 1.82) is 0 Å². The summed E-state index contributed by atoms with van der Waals surface area (Å²) in [6.45, 7) is 7.89. The van der Waals surface area contributed by atoms with E-state index in [4.69, 9.17) is 5.73 Å². The molecule has 24 heavy (non-hydrogen) atoms. The van der Waals surface area contributed by atoms with E-state index in [2.05, 4.69) is 31.3 Å². The van der Waals surface area contributed by atoms with Crippen LogP contribution in [0.3, 0.4) is 0 Å². The second kappa shape index (κ2) is 7.59. The number of anilines is 1. The smallest absolute Gasteiger partial charge is 0.225 e. The fraction of sp³-hybridized carbons (Fsp3) is 0.278. The van der Waals surface area contributed by atoms with Gasteiger partial charge < -0.3 is 15.5 Å². The average Bonchev–Trinajstić information content (AvgIpc) is 2.67. The summed E-state index contributed by atoms with van der Waals surface area (Å²) < 4.78 is 0. The molecule has 1 aromatic carbocycles. The molecule has 0 aliphatic carbocycles. The van der Waals surface area contributed by atoms with Crippen LogP contribution in [-0.2, 0) is 0 Å². The van der Waals surface area contributed by atoms with E-state index < -0.39 is 0 Å². The molecule has 2 N–H and O–H groups in total. The standard InChI is InChI=1S/C18H22N6/c1-15(16-6-3-2-4-7-16)14-22-17(19)23-10-12-24(13-11-23)18-20-8-5-9-21-18/h2-9H,1,10-14H2,(H2,19,22). The van der Waals surface area contributed by atoms with Crippen LogP contribution in [0.2, 0.25) is 0 Å². The lowest BCUT2D eigenvalue weighted by Gasteiger charge is -2.35. The van der Waals surface area contributed by atoms with Crippen molar-refractivity contribution in [1.82, 2.24) is 14.9 Å². The Balaban J connectivity index is 1.53. The third-order valence-electron chi connectivity index (χ3n) is 4.05. The number of aliphatic imine (C=N–C) groups is 1. The molecule has 6 heteroatoms. The van der Waals surface area contributed by atoms with Gasteiger partial charge in [0.05, 0.1) is 6.54 Å². The Hall–Kier alpha value is -2.89. The summed E-state index contributed by atoms with van der Waals surface area (Å²) in [5.74, 6) is 1.34. The molecule has 0 amide bonds. The van der Waals surface area contributed by atoms with Gasteiger partial charge in [-0.15, -0.1) is 0 Å². The fourth-order valence-electron chi connectivity index (χ4n) is 2.63. The zero-order valence-corrected chi connectivity index (χ0v) is 13.7. The molecule has 1 fully saturated rings. The summed E-state index contributed by atoms with van der Waals surface area (Å²) >= 11 is 0. The molecule has 124 valence electrons. The van der Waals surface area contributed by atoms with E-state index >= 15 is 0 Å². The number of piperazine rings is 1. The molecule has 0 radical (unpaired) electrons. The van der Waals surface area contributed by atoms with Crippen LogP contribution >= 0.6 is 0 Å². The molecule has 1 saturated heterocycles. The number of rotatable bonds is 4. The average molecular weight is 322 g/mol. The molecule has 1 aromatic heterocycles. The summed E-state index contributed by atoms with van der Waals surface area (Å²) in [6.07, 6.45) is 3.53. The van der Waals surface area contributed by atoms with E-state index in [1.54, 1.807) is 12.4 Å². The highest BCUT2D eigenvalue weighted by atomic mass is 15.3. The van der Waals surface area contributed by atoms with Crippen molar-refractivity contribution < 1.29 is 0 Å². The summed E-state index contributed by atoms with van der Waals surface area (Å²) in [4.78, 5) is 17.3. The van der Waals surface area contributed by atoms with Gasteiger partial charge in [-0.05, 0) is 17.2 Å². The first-order valence-electron chi connectivity index (χ1n) is 8.04. The van der Waals surface area contributed by atoms with Gasteiger partial charge in [-0.25, -0.2) is 15.0 Å². The molecule has 2 heterocycles. The quantitative estimate of drug-likeness (QED) is 0.684. The Morgan fingerprint density at radius 1 is 1.04 bits per heavy atom. The molecule has 1 aliphatic rings. The minimum absolute atomic E-state index is 0.512. The number of hydrogen-bond acceptors (Lipinski definition) is 4. The van der Waals surface area contributed by atoms with Gasteiger partial charge in [0.15, 0.2) is 5.96 Å². The van der Waals surface area contributed by atoms with E-state index in [9.17, 15) is 0 Å². The number of aromatic nitrogens is 2. The lowest BCUT2D eigenvalue weighted by atomic mass is 10.1. The van der Waals surface area contributed by atoms with Gasteiger partial charge in [0.2, 0.25) is 5.95 Å². The van der Waals surface area contributed by atoms with Crippen LogP contribution in [0.4, 0.5) is 5.95 Å². The lowest BCUT2D eigenvalue weighted by molar-refractivity contribution is 0.378. The molecule has 0 spiro atoms. The first-order valence-corrected chi connectivity index (χ1v) is 8.04. The van der Waals surface area contributed by atoms with Crippen molar-refractivity contribution >= 4 is 17.5 Å². The molecule has 1 aliphatic heterocycles. The number of nitrogens with two attached hydrogens (primary N) is 1. The molecule has 0 unspecified atom stereocenters. The Morgan fingerprint density at radius 3 is 2.38 bits per heavy atom. The Bertz CT molecular complexity index is 690. The zero-order valence-electron chi connectivity index (χ0n) is 13.7. The summed E-state index contributed by atoms with van der Waals surface area (Å²) in [5, 5.41) is 0. The van der Waals surface area contributed by atoms with Crippen LogP contribution in [0, 0.1) is 0 Å². The van der Waals surface area contributed by atoms with Crippen molar-refractivity contribution in [2.24, 2.45) is 10.7 Å². The third-order valence-corrected chi connectivity index (χ3v) is 4.05. The monoisotopic (exact) mass is 322 g/mol. The first-order chi connectivity index (χ1) is 11.7. The van der Waals surface area contributed by atoms with E-state index in [-0.39, 0.29) is 0 Å². The molecular formula is C18H22N6. The van der Waals surface area contributed by atoms with Crippen LogP contribution < -0.4 is 10.6 Å². The highest BCUT2D eigenvalue weighted by molar-refractivity contribution is 5.80. The Kier molecular flexibility index (Phi) is 5.05. The third kappa shape index (κ3) is 3.90. The van der Waals surface area contributed by atoms with Crippen LogP contribution in [0.5, 0.6) is 0 Å². The summed E-state index contributed by atoms with van der Waals surface area (Å²) in [5.41, 5.74) is 8.21. The number of hydrogen-bond donors (Lipinski definition) is 1. The van der Waals surface area contributed by atoms with Crippen LogP contribution in [0.15, 0.2) is 60.4 Å². The van der Waals surface area contributed by atoms with Gasteiger partial charge in [-0.2, -0.15) is 0 Å². The largest absolute Gasteiger partial charge is 0.370 e. The number of guanidine groups is 1. The second-order valence-corrected chi connectivity index (χ2v) is 5.67. The van der Waals surface area contributed by atoms with Gasteiger partial charge in [0, 0.05) is 38.6 Å². The molecule has 0 bridgehead atoms. The summed E-state index contributed by atoms with van der Waals surface area (Å²) in [7, 11) is 0. The van der Waals surface area contributed by atoms with E-state index in [0.717, 1.165) is 43.3 Å². The summed E-state index contributed by atoms with van der Waals surface area (Å²) in [6, 6.07) is 11.9. The lowest BCUT2D eigenvalue weighted by Crippen LogP contribution is -2.51. The molecule has 0 saturated carbocycles. The molecule has 6 nitrogen and oxygen atoms in total. The van der Waals surface area contributed by atoms with Gasteiger partial charge in [-0.3, -0.25) is 0 Å². The number of nitrogens with zero attached hydrogens (tertiary/aromatic N) is 5. The van der Waals surface area contributed by atoms with Gasteiger partial charge >= 0.3 is 0 Å². The minimum Gasteiger partial charge on any atom is -0.370 e. The predicted molar refractivity (Wildman–Crippen MR) is 97.8 cm³/mol. The van der Waals surface area contributed by atoms with E-state index in [1.807, 2.05) is 36.4 Å². The predicted octanol–water partition coefficient (Wildman–Crippen LogP) is 1.63. The number of benzene rings is 1. The normalized spacial score (nSPS) is 15.4. The van der Waals surface area contributed by atoms with Gasteiger partial charge in [-0.1, -0.05) is 36.9 Å². The second-order valence-electron chi connectivity index (χ2n) is 5.67. The topological polar surface area (TPSA) is 70.6 Å². The molecule has 2 aromatic rings. The van der Waals surface area contributed by atoms with E-state index in [0.29, 0.717) is 12.5 Å². The molecular weight excluding hydrogens is 300 g/mol. The van der Waals surface area contributed by atoms with Crippen molar-refractivity contribution in [2.75, 3.05) is 37.6 Å². The highest BCUT2D eigenvalue weighted by Crippen LogP contribution is 2.12. The van der Waals surface area contributed by atoms with Gasteiger partial charge in [0.1, 0.15) is 0 Å². The zero-order chi connectivity index (χ0) is 16.8. The maximum atomic E-state index is 6.14. The van der Waals surface area contributed by atoms with E-state index in [1.165, 1.54) is 0 Å². The van der Waals surface area contributed by atoms with Crippen molar-refractivity contribution in [3.05, 3.63) is 60.9 Å². The minimum atomic E-state index is 0.512. The first kappa shape index (κ1) is 16.0. The maximum Gasteiger partial charge on any atom is 0.225 e. The van der Waals surface area contributed by atoms with Gasteiger partial charge in [0.25, 0.3) is 0 Å². The van der Waals surface area contributed by atoms with Crippen LogP contribution in [0.1, 0.15) is 5.56 Å². The Morgan fingerprint density at radius 2 is 1.71 bits per heavy atom. The SMILES string of the molecule is C=C(CN=C(N)N1CCN(c2ncccn2)CC1)c1ccccc1. The van der Waals surface area contributed by atoms with Crippen molar-refractivity contribution in [2.45, 2.75) is 0 Å².